The highest BCUT2D eigenvalue weighted by molar-refractivity contribution is 7.92. The molecule has 29 heavy (non-hydrogen) atoms. The molecule has 0 radical (unpaired) electrons. The smallest absolute Gasteiger partial charge is 0.264 e. The molecule has 0 aliphatic carbocycles. The summed E-state index contributed by atoms with van der Waals surface area (Å²) in [5.41, 5.74) is 3.14. The maximum Gasteiger partial charge on any atom is 0.264 e. The summed E-state index contributed by atoms with van der Waals surface area (Å²) >= 11 is 0. The first-order valence-corrected chi connectivity index (χ1v) is 10.7. The predicted molar refractivity (Wildman–Crippen MR) is 116 cm³/mol. The summed E-state index contributed by atoms with van der Waals surface area (Å²) in [6.07, 6.45) is 0. The lowest BCUT2D eigenvalue weighted by atomic mass is 10.1. The molecule has 0 aliphatic heterocycles. The summed E-state index contributed by atoms with van der Waals surface area (Å²) in [6, 6.07) is 22.6. The molecule has 3 aromatic carbocycles. The van der Waals surface area contributed by atoms with E-state index in [1.54, 1.807) is 54.6 Å². The third kappa shape index (κ3) is 4.66. The summed E-state index contributed by atoms with van der Waals surface area (Å²) in [4.78, 5) is 12.8. The lowest BCUT2D eigenvalue weighted by molar-refractivity contribution is 0.0940. The molecule has 0 aromatic heterocycles. The Morgan fingerprint density at radius 3 is 2.07 bits per heavy atom. The fourth-order valence-electron chi connectivity index (χ4n) is 2.93. The fourth-order valence-corrected chi connectivity index (χ4v) is 4.15. The topological polar surface area (TPSA) is 66.5 Å². The van der Waals surface area contributed by atoms with Gasteiger partial charge in [-0.2, -0.15) is 0 Å². The van der Waals surface area contributed by atoms with Gasteiger partial charge in [0.1, 0.15) is 0 Å². The minimum atomic E-state index is -3.65. The third-order valence-corrected chi connectivity index (χ3v) is 6.62. The van der Waals surface area contributed by atoms with Crippen molar-refractivity contribution in [3.8, 4) is 0 Å². The van der Waals surface area contributed by atoms with Crippen molar-refractivity contribution in [2.24, 2.45) is 0 Å². The number of amides is 1. The van der Waals surface area contributed by atoms with E-state index in [1.807, 2.05) is 38.1 Å². The van der Waals surface area contributed by atoms with E-state index in [0.29, 0.717) is 11.3 Å². The Kier molecular flexibility index (Phi) is 6.03. The van der Waals surface area contributed by atoms with Gasteiger partial charge in [-0.3, -0.25) is 9.10 Å². The van der Waals surface area contributed by atoms with Crippen molar-refractivity contribution in [1.29, 1.82) is 0 Å². The zero-order valence-electron chi connectivity index (χ0n) is 16.7. The number of carbonyl (C=O) groups is 1. The Balaban J connectivity index is 1.72. The highest BCUT2D eigenvalue weighted by Crippen LogP contribution is 2.22. The molecule has 150 valence electrons. The molecule has 1 amide bonds. The molecule has 0 saturated heterocycles. The molecular weight excluding hydrogens is 384 g/mol. The van der Waals surface area contributed by atoms with Gasteiger partial charge >= 0.3 is 0 Å². The standard InChI is InChI=1S/C23H24N2O3S/c1-17-9-11-19(12-10-17)18(2)24-23(26)20-13-15-21(16-14-20)25(3)29(27,28)22-7-5-4-6-8-22/h4-16,18H,1-3H3,(H,24,26). The van der Waals surface area contributed by atoms with Crippen LogP contribution >= 0.6 is 0 Å². The first kappa shape index (κ1) is 20.6. The molecule has 0 spiro atoms. The fraction of sp³-hybridized carbons (Fsp3) is 0.174. The number of hydrogen-bond acceptors (Lipinski definition) is 3. The van der Waals surface area contributed by atoms with Gasteiger partial charge in [-0.25, -0.2) is 8.42 Å². The second kappa shape index (κ2) is 8.49. The molecule has 1 N–H and O–H groups in total. The lowest BCUT2D eigenvalue weighted by Crippen LogP contribution is -2.28. The summed E-state index contributed by atoms with van der Waals surface area (Å²) in [5, 5.41) is 2.97. The molecule has 1 unspecified atom stereocenters. The van der Waals surface area contributed by atoms with Crippen LogP contribution in [-0.4, -0.2) is 21.4 Å². The van der Waals surface area contributed by atoms with Gasteiger partial charge in [0.2, 0.25) is 0 Å². The van der Waals surface area contributed by atoms with E-state index in [0.717, 1.165) is 11.1 Å². The molecular formula is C23H24N2O3S. The second-order valence-electron chi connectivity index (χ2n) is 6.94. The van der Waals surface area contributed by atoms with Crippen molar-refractivity contribution in [2.45, 2.75) is 24.8 Å². The van der Waals surface area contributed by atoms with Gasteiger partial charge in [-0.05, 0) is 55.8 Å². The molecule has 5 nitrogen and oxygen atoms in total. The summed E-state index contributed by atoms with van der Waals surface area (Å²) in [6.45, 7) is 3.95. The molecule has 0 saturated carbocycles. The van der Waals surface area contributed by atoms with Crippen LogP contribution in [-0.2, 0) is 10.0 Å². The van der Waals surface area contributed by atoms with Crippen LogP contribution in [0.3, 0.4) is 0 Å². The highest BCUT2D eigenvalue weighted by atomic mass is 32.2. The van der Waals surface area contributed by atoms with E-state index >= 15 is 0 Å². The predicted octanol–water partition coefficient (Wildman–Crippen LogP) is 4.31. The maximum absolute atomic E-state index is 12.7. The SMILES string of the molecule is Cc1ccc(C(C)NC(=O)c2ccc(N(C)S(=O)(=O)c3ccccc3)cc2)cc1. The number of carbonyl (C=O) groups excluding carboxylic acids is 1. The first-order valence-electron chi connectivity index (χ1n) is 9.30. The number of nitrogens with one attached hydrogen (secondary N) is 1. The molecule has 0 heterocycles. The number of anilines is 1. The van der Waals surface area contributed by atoms with E-state index < -0.39 is 10.0 Å². The van der Waals surface area contributed by atoms with E-state index in [1.165, 1.54) is 11.4 Å². The zero-order valence-corrected chi connectivity index (χ0v) is 17.5. The minimum absolute atomic E-state index is 0.135. The molecule has 0 aliphatic rings. The molecule has 0 bridgehead atoms. The molecule has 0 fully saturated rings. The van der Waals surface area contributed by atoms with Gasteiger partial charge in [0, 0.05) is 12.6 Å². The van der Waals surface area contributed by atoms with Crippen molar-refractivity contribution >= 4 is 21.6 Å². The van der Waals surface area contributed by atoms with E-state index in [4.69, 9.17) is 0 Å². The number of aryl methyl sites for hydroxylation is 1. The van der Waals surface area contributed by atoms with Gasteiger partial charge < -0.3 is 5.32 Å². The Bertz CT molecular complexity index is 1080. The second-order valence-corrected chi connectivity index (χ2v) is 8.91. The number of nitrogens with zero attached hydrogens (tertiary/aromatic N) is 1. The maximum atomic E-state index is 12.7. The largest absolute Gasteiger partial charge is 0.346 e. The van der Waals surface area contributed by atoms with Crippen LogP contribution in [0.1, 0.15) is 34.5 Å². The molecule has 1 atom stereocenters. The van der Waals surface area contributed by atoms with Crippen LogP contribution < -0.4 is 9.62 Å². The number of hydrogen-bond donors (Lipinski definition) is 1. The summed E-state index contributed by atoms with van der Waals surface area (Å²) in [5.74, 6) is -0.210. The van der Waals surface area contributed by atoms with Crippen LogP contribution in [0.4, 0.5) is 5.69 Å². The van der Waals surface area contributed by atoms with Gasteiger partial charge in [0.15, 0.2) is 0 Å². The van der Waals surface area contributed by atoms with E-state index in [9.17, 15) is 13.2 Å². The van der Waals surface area contributed by atoms with E-state index in [2.05, 4.69) is 5.32 Å². The highest BCUT2D eigenvalue weighted by Gasteiger charge is 2.21. The quantitative estimate of drug-likeness (QED) is 0.661. The number of benzene rings is 3. The number of rotatable bonds is 6. The molecule has 3 rings (SSSR count). The van der Waals surface area contributed by atoms with Crippen LogP contribution in [0, 0.1) is 6.92 Å². The van der Waals surface area contributed by atoms with Gasteiger partial charge in [-0.15, -0.1) is 0 Å². The van der Waals surface area contributed by atoms with Crippen molar-refractivity contribution in [1.82, 2.24) is 5.32 Å². The van der Waals surface area contributed by atoms with Gasteiger partial charge in [0.05, 0.1) is 16.6 Å². The average molecular weight is 409 g/mol. The van der Waals surface area contributed by atoms with Gasteiger partial charge in [-0.1, -0.05) is 48.0 Å². The van der Waals surface area contributed by atoms with Crippen LogP contribution in [0.25, 0.3) is 0 Å². The minimum Gasteiger partial charge on any atom is -0.346 e. The van der Waals surface area contributed by atoms with E-state index in [-0.39, 0.29) is 16.8 Å². The zero-order chi connectivity index (χ0) is 21.0. The summed E-state index contributed by atoms with van der Waals surface area (Å²) in [7, 11) is -2.15. The van der Waals surface area contributed by atoms with Crippen LogP contribution in [0.2, 0.25) is 0 Å². The molecule has 6 heteroatoms. The van der Waals surface area contributed by atoms with Crippen LogP contribution in [0.15, 0.2) is 83.8 Å². The normalized spacial score (nSPS) is 12.2. The van der Waals surface area contributed by atoms with Crippen molar-refractivity contribution < 1.29 is 13.2 Å². The lowest BCUT2D eigenvalue weighted by Gasteiger charge is -2.20. The third-order valence-electron chi connectivity index (χ3n) is 4.82. The Morgan fingerprint density at radius 1 is 0.897 bits per heavy atom. The Labute approximate surface area is 172 Å². The summed E-state index contributed by atoms with van der Waals surface area (Å²) < 4.78 is 26.7. The first-order chi connectivity index (χ1) is 13.8. The van der Waals surface area contributed by atoms with Gasteiger partial charge in [0.25, 0.3) is 15.9 Å². The Morgan fingerprint density at radius 2 is 1.48 bits per heavy atom. The van der Waals surface area contributed by atoms with Crippen molar-refractivity contribution in [3.05, 3.63) is 95.6 Å². The molecule has 3 aromatic rings. The van der Waals surface area contributed by atoms with Crippen molar-refractivity contribution in [3.63, 3.8) is 0 Å². The van der Waals surface area contributed by atoms with Crippen LogP contribution in [0.5, 0.6) is 0 Å². The monoisotopic (exact) mass is 408 g/mol. The average Bonchev–Trinajstić information content (AvgIpc) is 2.74. The Hall–Kier alpha value is -3.12. The van der Waals surface area contributed by atoms with Crippen molar-refractivity contribution in [2.75, 3.05) is 11.4 Å². The number of sulfonamides is 1.